The zero-order valence-electron chi connectivity index (χ0n) is 7.78. The lowest BCUT2D eigenvalue weighted by molar-refractivity contribution is -0.142. The largest absolute Gasteiger partial charge is 0.480 e. The van der Waals surface area contributed by atoms with E-state index in [-0.39, 0.29) is 19.1 Å². The Balaban J connectivity index is 1.99. The molecule has 0 aliphatic heterocycles. The number of hydrogen-bond donors (Lipinski definition) is 3. The lowest BCUT2D eigenvalue weighted by Crippen LogP contribution is -2.43. The number of rotatable bonds is 6. The van der Waals surface area contributed by atoms with Crippen molar-refractivity contribution in [3.05, 3.63) is 0 Å². The van der Waals surface area contributed by atoms with Crippen LogP contribution in [0.2, 0.25) is 0 Å². The van der Waals surface area contributed by atoms with Crippen LogP contribution in [0.1, 0.15) is 12.8 Å². The van der Waals surface area contributed by atoms with Crippen LogP contribution < -0.4 is 11.1 Å². The van der Waals surface area contributed by atoms with Crippen molar-refractivity contribution in [1.82, 2.24) is 5.32 Å². The minimum absolute atomic E-state index is 0.184. The molecule has 0 atom stereocenters. The van der Waals surface area contributed by atoms with Crippen molar-refractivity contribution in [2.24, 2.45) is 5.73 Å². The molecule has 6 nitrogen and oxygen atoms in total. The van der Waals surface area contributed by atoms with Crippen molar-refractivity contribution in [1.29, 1.82) is 0 Å². The van der Waals surface area contributed by atoms with Gasteiger partial charge in [0.05, 0.1) is 12.1 Å². The van der Waals surface area contributed by atoms with Gasteiger partial charge in [-0.05, 0) is 12.8 Å². The Morgan fingerprint density at radius 2 is 2.14 bits per heavy atom. The molecular weight excluding hydrogens is 188 g/mol. The number of hydrogen-bond acceptors (Lipinski definition) is 4. The zero-order valence-corrected chi connectivity index (χ0v) is 7.78. The van der Waals surface area contributed by atoms with Crippen LogP contribution in [-0.4, -0.2) is 42.3 Å². The number of carboxylic acid groups (broad SMARTS) is 1. The summed E-state index contributed by atoms with van der Waals surface area (Å²) in [5.74, 6) is -1.20. The van der Waals surface area contributed by atoms with Gasteiger partial charge in [0.1, 0.15) is 6.61 Å². The van der Waals surface area contributed by atoms with Crippen LogP contribution in [0.4, 0.5) is 0 Å². The number of nitrogens with one attached hydrogen (secondary N) is 1. The summed E-state index contributed by atoms with van der Waals surface area (Å²) in [7, 11) is 0. The summed E-state index contributed by atoms with van der Waals surface area (Å²) < 4.78 is 4.72. The molecule has 0 aromatic rings. The van der Waals surface area contributed by atoms with Gasteiger partial charge in [-0.1, -0.05) is 0 Å². The lowest BCUT2D eigenvalue weighted by Gasteiger charge is -2.09. The first-order chi connectivity index (χ1) is 6.54. The van der Waals surface area contributed by atoms with E-state index in [0.29, 0.717) is 6.54 Å². The van der Waals surface area contributed by atoms with Gasteiger partial charge in [-0.2, -0.15) is 0 Å². The predicted octanol–water partition coefficient (Wildman–Crippen LogP) is -1.30. The minimum Gasteiger partial charge on any atom is -0.480 e. The molecule has 1 rings (SSSR count). The van der Waals surface area contributed by atoms with Crippen LogP contribution in [0.15, 0.2) is 0 Å². The summed E-state index contributed by atoms with van der Waals surface area (Å²) >= 11 is 0. The third-order valence-electron chi connectivity index (χ3n) is 2.00. The molecule has 1 saturated carbocycles. The van der Waals surface area contributed by atoms with Crippen molar-refractivity contribution in [3.63, 3.8) is 0 Å². The molecule has 0 heterocycles. The number of aliphatic carboxylic acids is 1. The average molecular weight is 202 g/mol. The monoisotopic (exact) mass is 202 g/mol. The third-order valence-corrected chi connectivity index (χ3v) is 2.00. The summed E-state index contributed by atoms with van der Waals surface area (Å²) in [6.45, 7) is 0.142. The van der Waals surface area contributed by atoms with E-state index < -0.39 is 11.5 Å². The quantitative estimate of drug-likeness (QED) is 0.464. The molecule has 1 aliphatic rings. The van der Waals surface area contributed by atoms with Crippen molar-refractivity contribution in [2.45, 2.75) is 18.4 Å². The van der Waals surface area contributed by atoms with E-state index in [2.05, 4.69) is 5.32 Å². The van der Waals surface area contributed by atoms with Gasteiger partial charge in [-0.25, -0.2) is 4.79 Å². The second-order valence-corrected chi connectivity index (χ2v) is 3.36. The molecule has 6 heteroatoms. The van der Waals surface area contributed by atoms with Gasteiger partial charge in [0.25, 0.3) is 0 Å². The topological polar surface area (TPSA) is 102 Å². The van der Waals surface area contributed by atoms with Gasteiger partial charge in [0, 0.05) is 6.54 Å². The summed E-state index contributed by atoms with van der Waals surface area (Å²) in [5, 5.41) is 10.8. The van der Waals surface area contributed by atoms with Gasteiger partial charge < -0.3 is 20.9 Å². The first kappa shape index (κ1) is 10.9. The van der Waals surface area contributed by atoms with E-state index in [1.165, 1.54) is 0 Å². The highest BCUT2D eigenvalue weighted by Gasteiger charge is 2.45. The minimum atomic E-state index is -1.02. The Bertz CT molecular complexity index is 237. The predicted molar refractivity (Wildman–Crippen MR) is 47.6 cm³/mol. The lowest BCUT2D eigenvalue weighted by atomic mass is 10.3. The van der Waals surface area contributed by atoms with E-state index in [0.717, 1.165) is 12.8 Å². The fraction of sp³-hybridized carbons (Fsp3) is 0.750. The maximum Gasteiger partial charge on any atom is 0.329 e. The molecule has 0 saturated heterocycles. The molecule has 0 spiro atoms. The van der Waals surface area contributed by atoms with Crippen molar-refractivity contribution < 1.29 is 19.4 Å². The van der Waals surface area contributed by atoms with Crippen molar-refractivity contribution in [3.8, 4) is 0 Å². The smallest absolute Gasteiger partial charge is 0.329 e. The number of amides is 1. The van der Waals surface area contributed by atoms with E-state index >= 15 is 0 Å². The molecule has 0 aromatic heterocycles. The number of ether oxygens (including phenoxy) is 1. The Kier molecular flexibility index (Phi) is 3.43. The molecule has 0 bridgehead atoms. The second kappa shape index (κ2) is 4.39. The molecule has 0 unspecified atom stereocenters. The first-order valence-corrected chi connectivity index (χ1v) is 4.41. The van der Waals surface area contributed by atoms with Crippen molar-refractivity contribution in [2.75, 3.05) is 19.8 Å². The van der Waals surface area contributed by atoms with E-state index in [1.807, 2.05) is 0 Å². The molecule has 14 heavy (non-hydrogen) atoms. The van der Waals surface area contributed by atoms with Crippen molar-refractivity contribution >= 4 is 11.9 Å². The van der Waals surface area contributed by atoms with Crippen LogP contribution in [-0.2, 0) is 14.3 Å². The fourth-order valence-electron chi connectivity index (χ4n) is 0.934. The molecular formula is C8H14N2O4. The molecule has 0 aromatic carbocycles. The second-order valence-electron chi connectivity index (χ2n) is 3.36. The third kappa shape index (κ3) is 3.31. The van der Waals surface area contributed by atoms with Gasteiger partial charge >= 0.3 is 5.97 Å². The van der Waals surface area contributed by atoms with E-state index in [4.69, 9.17) is 15.6 Å². The van der Waals surface area contributed by atoms with Crippen LogP contribution in [0, 0.1) is 0 Å². The van der Waals surface area contributed by atoms with Crippen LogP contribution in [0.5, 0.6) is 0 Å². The standard InChI is InChI=1S/C8H14N2O4/c9-8(1-2-8)7(13)10-3-4-14-5-6(11)12/h1-5,9H2,(H,10,13)(H,11,12). The number of carboxylic acids is 1. The molecule has 4 N–H and O–H groups in total. The van der Waals surface area contributed by atoms with Gasteiger partial charge in [0.2, 0.25) is 5.91 Å². The maximum atomic E-state index is 11.2. The number of carbonyl (C=O) groups is 2. The summed E-state index contributed by atoms with van der Waals surface area (Å²) in [5.41, 5.74) is 4.93. The normalized spacial score (nSPS) is 17.5. The Morgan fingerprint density at radius 1 is 1.50 bits per heavy atom. The Hall–Kier alpha value is -1.14. The molecule has 0 radical (unpaired) electrons. The SMILES string of the molecule is NC1(C(=O)NCCOCC(=O)O)CC1. The first-order valence-electron chi connectivity index (χ1n) is 4.41. The highest BCUT2D eigenvalue weighted by atomic mass is 16.5. The number of carbonyl (C=O) groups excluding carboxylic acids is 1. The summed E-state index contributed by atoms with van der Waals surface area (Å²) in [6, 6.07) is 0. The Labute approximate surface area is 81.4 Å². The highest BCUT2D eigenvalue weighted by Crippen LogP contribution is 2.31. The number of nitrogens with two attached hydrogens (primary N) is 1. The van der Waals surface area contributed by atoms with Crippen LogP contribution in [0.25, 0.3) is 0 Å². The van der Waals surface area contributed by atoms with Gasteiger partial charge in [-0.15, -0.1) is 0 Å². The average Bonchev–Trinajstić information content (AvgIpc) is 2.83. The summed E-state index contributed by atoms with van der Waals surface area (Å²) in [6.07, 6.45) is 1.43. The molecule has 1 fully saturated rings. The fourth-order valence-corrected chi connectivity index (χ4v) is 0.934. The van der Waals surface area contributed by atoms with E-state index in [9.17, 15) is 9.59 Å². The zero-order chi connectivity index (χ0) is 10.6. The van der Waals surface area contributed by atoms with Gasteiger partial charge in [0.15, 0.2) is 0 Å². The molecule has 80 valence electrons. The van der Waals surface area contributed by atoms with Gasteiger partial charge in [-0.3, -0.25) is 4.79 Å². The van der Waals surface area contributed by atoms with Crippen LogP contribution in [0.3, 0.4) is 0 Å². The summed E-state index contributed by atoms with van der Waals surface area (Å²) in [4.78, 5) is 21.2. The van der Waals surface area contributed by atoms with Crippen LogP contribution >= 0.6 is 0 Å². The maximum absolute atomic E-state index is 11.2. The molecule has 1 amide bonds. The van der Waals surface area contributed by atoms with E-state index in [1.54, 1.807) is 0 Å². The molecule has 1 aliphatic carbocycles. The Morgan fingerprint density at radius 3 is 2.64 bits per heavy atom. The highest BCUT2D eigenvalue weighted by molar-refractivity contribution is 5.88.